The highest BCUT2D eigenvalue weighted by molar-refractivity contribution is 5.61. The molecular weight excluding hydrogens is 412 g/mol. The Kier molecular flexibility index (Phi) is 4.72. The van der Waals surface area contributed by atoms with Crippen LogP contribution >= 0.6 is 0 Å². The number of benzene rings is 2. The van der Waals surface area contributed by atoms with Gasteiger partial charge in [-0.05, 0) is 46.3 Å². The van der Waals surface area contributed by atoms with Crippen LogP contribution in [0.25, 0.3) is 11.4 Å². The monoisotopic (exact) mass is 432 g/mol. The van der Waals surface area contributed by atoms with Crippen LogP contribution in [-0.2, 0) is 16.0 Å². The maximum absolute atomic E-state index is 9.09. The third-order valence-electron chi connectivity index (χ3n) is 6.09. The zero-order valence-electron chi connectivity index (χ0n) is 17.0. The third-order valence-corrected chi connectivity index (χ3v) is 6.09. The van der Waals surface area contributed by atoms with E-state index in [4.69, 9.17) is 24.2 Å². The molecule has 0 unspecified atom stereocenters. The lowest BCUT2D eigenvalue weighted by Crippen LogP contribution is -2.40. The Labute approximate surface area is 183 Å². The largest absolute Gasteiger partial charge is 0.454 e. The summed E-state index contributed by atoms with van der Waals surface area (Å²) in [7, 11) is 0. The van der Waals surface area contributed by atoms with E-state index in [-0.39, 0.29) is 31.1 Å². The van der Waals surface area contributed by atoms with E-state index >= 15 is 0 Å². The number of tetrazole rings is 1. The van der Waals surface area contributed by atoms with Crippen LogP contribution in [0.5, 0.6) is 11.5 Å². The molecule has 0 radical (unpaired) electrons. The van der Waals surface area contributed by atoms with Gasteiger partial charge in [-0.3, -0.25) is 0 Å². The third kappa shape index (κ3) is 3.27. The molecule has 32 heavy (non-hydrogen) atoms. The fourth-order valence-electron chi connectivity index (χ4n) is 4.51. The average molecular weight is 432 g/mol. The number of aromatic nitrogens is 4. The first-order valence-corrected chi connectivity index (χ1v) is 10.4. The standard InChI is InChI=1S/C22H20N6O4/c23-8-13-2-1-3-14(6-13)9-24-16-10-29-21-17(11-30-20(16)21)28-22(25-26-27-28)15-4-5-18-19(7-15)32-12-31-18/h1-7,16-17,20-21,24H,9-12H2/t16-,17-,20+,21+/m0/s1. The van der Waals surface area contributed by atoms with Gasteiger partial charge in [0.1, 0.15) is 18.2 Å². The van der Waals surface area contributed by atoms with E-state index in [1.165, 1.54) is 0 Å². The Morgan fingerprint density at radius 3 is 2.91 bits per heavy atom. The summed E-state index contributed by atoms with van der Waals surface area (Å²) in [5.41, 5.74) is 2.54. The first-order valence-electron chi connectivity index (χ1n) is 10.4. The number of hydrogen-bond donors (Lipinski definition) is 1. The molecule has 1 aromatic heterocycles. The van der Waals surface area contributed by atoms with E-state index in [0.717, 1.165) is 11.1 Å². The van der Waals surface area contributed by atoms with Gasteiger partial charge in [0.15, 0.2) is 17.3 Å². The Morgan fingerprint density at radius 2 is 1.97 bits per heavy atom. The molecule has 10 heteroatoms. The summed E-state index contributed by atoms with van der Waals surface area (Å²) in [4.78, 5) is 0. The van der Waals surface area contributed by atoms with Gasteiger partial charge in [0.2, 0.25) is 6.79 Å². The molecule has 3 aromatic rings. The second kappa shape index (κ2) is 7.87. The maximum Gasteiger partial charge on any atom is 0.231 e. The van der Waals surface area contributed by atoms with Gasteiger partial charge in [0.25, 0.3) is 0 Å². The number of nitriles is 1. The zero-order valence-corrected chi connectivity index (χ0v) is 17.0. The quantitative estimate of drug-likeness (QED) is 0.639. The molecule has 4 heterocycles. The summed E-state index contributed by atoms with van der Waals surface area (Å²) in [5.74, 6) is 2.02. The van der Waals surface area contributed by atoms with E-state index in [1.807, 2.05) is 36.4 Å². The Hall–Kier alpha value is -3.52. The fourth-order valence-corrected chi connectivity index (χ4v) is 4.51. The van der Waals surface area contributed by atoms with Crippen molar-refractivity contribution in [2.45, 2.75) is 30.8 Å². The lowest BCUT2D eigenvalue weighted by Gasteiger charge is -2.18. The molecule has 0 amide bonds. The first-order chi connectivity index (χ1) is 15.8. The smallest absolute Gasteiger partial charge is 0.231 e. The van der Waals surface area contributed by atoms with Gasteiger partial charge in [-0.1, -0.05) is 12.1 Å². The molecular formula is C22H20N6O4. The lowest BCUT2D eigenvalue weighted by atomic mass is 10.1. The van der Waals surface area contributed by atoms with Crippen molar-refractivity contribution in [3.05, 3.63) is 53.6 Å². The minimum absolute atomic E-state index is 0.0428. The minimum atomic E-state index is -0.158. The number of rotatable bonds is 5. The number of ether oxygens (including phenoxy) is 4. The summed E-state index contributed by atoms with van der Waals surface area (Å²) in [6.45, 7) is 1.84. The highest BCUT2D eigenvalue weighted by Gasteiger charge is 2.49. The van der Waals surface area contributed by atoms with Gasteiger partial charge >= 0.3 is 0 Å². The van der Waals surface area contributed by atoms with Crippen molar-refractivity contribution < 1.29 is 18.9 Å². The van der Waals surface area contributed by atoms with Gasteiger partial charge < -0.3 is 24.3 Å². The molecule has 0 aliphatic carbocycles. The maximum atomic E-state index is 9.09. The number of nitrogens with zero attached hydrogens (tertiary/aromatic N) is 5. The van der Waals surface area contributed by atoms with E-state index < -0.39 is 0 Å². The predicted octanol–water partition coefficient (Wildman–Crippen LogP) is 1.44. The highest BCUT2D eigenvalue weighted by Crippen LogP contribution is 2.38. The van der Waals surface area contributed by atoms with Crippen molar-refractivity contribution in [1.29, 1.82) is 5.26 Å². The van der Waals surface area contributed by atoms with E-state index in [2.05, 4.69) is 26.9 Å². The summed E-state index contributed by atoms with van der Waals surface area (Å²) >= 11 is 0. The van der Waals surface area contributed by atoms with Crippen LogP contribution in [0.3, 0.4) is 0 Å². The fraction of sp³-hybridized carbons (Fsp3) is 0.364. The Balaban J connectivity index is 1.17. The van der Waals surface area contributed by atoms with Crippen molar-refractivity contribution in [3.8, 4) is 29.0 Å². The number of nitrogens with one attached hydrogen (secondary N) is 1. The van der Waals surface area contributed by atoms with Crippen molar-refractivity contribution in [3.63, 3.8) is 0 Å². The second-order valence-corrected chi connectivity index (χ2v) is 7.98. The molecule has 4 atom stereocenters. The predicted molar refractivity (Wildman–Crippen MR) is 110 cm³/mol. The molecule has 3 aliphatic rings. The summed E-state index contributed by atoms with van der Waals surface area (Å²) in [6, 6.07) is 15.3. The summed E-state index contributed by atoms with van der Waals surface area (Å²) in [5, 5.41) is 25.0. The zero-order chi connectivity index (χ0) is 21.5. The molecule has 2 aromatic carbocycles. The van der Waals surface area contributed by atoms with Crippen LogP contribution in [0.4, 0.5) is 0 Å². The van der Waals surface area contributed by atoms with Crippen molar-refractivity contribution in [2.24, 2.45) is 0 Å². The van der Waals surface area contributed by atoms with Gasteiger partial charge in [0, 0.05) is 12.1 Å². The van der Waals surface area contributed by atoms with Gasteiger partial charge in [-0.25, -0.2) is 4.68 Å². The van der Waals surface area contributed by atoms with Crippen LogP contribution in [-0.4, -0.2) is 58.5 Å². The first kappa shape index (κ1) is 19.2. The van der Waals surface area contributed by atoms with Crippen LogP contribution in [0.15, 0.2) is 42.5 Å². The Bertz CT molecular complexity index is 1190. The molecule has 2 fully saturated rings. The van der Waals surface area contributed by atoms with E-state index in [9.17, 15) is 0 Å². The molecule has 2 saturated heterocycles. The lowest BCUT2D eigenvalue weighted by molar-refractivity contribution is 0.0621. The molecule has 1 N–H and O–H groups in total. The molecule has 162 valence electrons. The molecule has 0 bridgehead atoms. The molecule has 0 saturated carbocycles. The van der Waals surface area contributed by atoms with Gasteiger partial charge in [-0.2, -0.15) is 5.26 Å². The number of hydrogen-bond acceptors (Lipinski definition) is 9. The Morgan fingerprint density at radius 1 is 1.06 bits per heavy atom. The SMILES string of the molecule is N#Cc1cccc(CN[C@H]2CO[C@H]3[C@@H]2OC[C@@H]3n2nnnc2-c2ccc3c(c2)OCO3)c1. The van der Waals surface area contributed by atoms with E-state index in [1.54, 1.807) is 10.7 Å². The van der Waals surface area contributed by atoms with Crippen molar-refractivity contribution in [2.75, 3.05) is 20.0 Å². The van der Waals surface area contributed by atoms with E-state index in [0.29, 0.717) is 42.6 Å². The van der Waals surface area contributed by atoms with Crippen LogP contribution in [0.2, 0.25) is 0 Å². The van der Waals surface area contributed by atoms with Crippen molar-refractivity contribution in [1.82, 2.24) is 25.5 Å². The molecule has 3 aliphatic heterocycles. The van der Waals surface area contributed by atoms with Crippen molar-refractivity contribution >= 4 is 0 Å². The summed E-state index contributed by atoms with van der Waals surface area (Å²) in [6.07, 6.45) is -0.262. The average Bonchev–Trinajstić information content (AvgIpc) is 3.61. The van der Waals surface area contributed by atoms with Gasteiger partial charge in [-0.15, -0.1) is 5.10 Å². The van der Waals surface area contributed by atoms with Crippen LogP contribution < -0.4 is 14.8 Å². The number of fused-ring (bicyclic) bond motifs is 2. The topological polar surface area (TPSA) is 116 Å². The van der Waals surface area contributed by atoms with Crippen LogP contribution in [0.1, 0.15) is 17.2 Å². The van der Waals surface area contributed by atoms with Crippen LogP contribution in [0, 0.1) is 11.3 Å². The molecule has 0 spiro atoms. The molecule has 6 rings (SSSR count). The molecule has 10 nitrogen and oxygen atoms in total. The van der Waals surface area contributed by atoms with Gasteiger partial charge in [0.05, 0.1) is 30.9 Å². The minimum Gasteiger partial charge on any atom is -0.454 e. The second-order valence-electron chi connectivity index (χ2n) is 7.98. The normalized spacial score (nSPS) is 25.6. The highest BCUT2D eigenvalue weighted by atomic mass is 16.7. The summed E-state index contributed by atoms with van der Waals surface area (Å²) < 4.78 is 24.9.